The zero-order chi connectivity index (χ0) is 12.3. The average Bonchev–Trinajstić information content (AvgIpc) is 2.34. The summed E-state index contributed by atoms with van der Waals surface area (Å²) < 4.78 is 0. The van der Waals surface area contributed by atoms with E-state index in [1.807, 2.05) is 6.07 Å². The topological polar surface area (TPSA) is 41.6 Å². The van der Waals surface area contributed by atoms with Gasteiger partial charge in [0.1, 0.15) is 0 Å². The largest absolute Gasteiger partial charge is 0.369 e. The molecule has 0 unspecified atom stereocenters. The first kappa shape index (κ1) is 12.0. The van der Waals surface area contributed by atoms with Gasteiger partial charge >= 0.3 is 0 Å². The van der Waals surface area contributed by atoms with Crippen LogP contribution in [0.3, 0.4) is 0 Å². The standard InChI is InChI=1S/C14H21N3/c1-11-6-7-13(12(2)10-11)16-14(15)17-8-4-3-5-9-17/h6-7,10H,3-5,8-9H2,1-2H3,(H2,15,16). The van der Waals surface area contributed by atoms with Gasteiger partial charge in [-0.05, 0) is 44.7 Å². The Kier molecular flexibility index (Phi) is 3.67. The van der Waals surface area contributed by atoms with E-state index in [-0.39, 0.29) is 0 Å². The first-order valence-corrected chi connectivity index (χ1v) is 6.33. The Bertz CT molecular complexity index is 417. The number of hydrogen-bond acceptors (Lipinski definition) is 1. The molecule has 2 N–H and O–H groups in total. The maximum Gasteiger partial charge on any atom is 0.196 e. The van der Waals surface area contributed by atoms with Crippen LogP contribution in [0.15, 0.2) is 23.2 Å². The van der Waals surface area contributed by atoms with Crippen LogP contribution in [0.5, 0.6) is 0 Å². The highest BCUT2D eigenvalue weighted by atomic mass is 15.3. The third kappa shape index (κ3) is 2.99. The number of likely N-dealkylation sites (tertiary alicyclic amines) is 1. The second-order valence-corrected chi connectivity index (χ2v) is 4.81. The highest BCUT2D eigenvalue weighted by Gasteiger charge is 2.12. The fraction of sp³-hybridized carbons (Fsp3) is 0.500. The third-order valence-corrected chi connectivity index (χ3v) is 3.27. The van der Waals surface area contributed by atoms with Gasteiger partial charge in [0.25, 0.3) is 0 Å². The molecule has 1 aromatic carbocycles. The van der Waals surface area contributed by atoms with Crippen molar-refractivity contribution in [1.82, 2.24) is 4.90 Å². The minimum Gasteiger partial charge on any atom is -0.369 e. The van der Waals surface area contributed by atoms with Crippen molar-refractivity contribution in [3.05, 3.63) is 29.3 Å². The second-order valence-electron chi connectivity index (χ2n) is 4.81. The van der Waals surface area contributed by atoms with Crippen molar-refractivity contribution >= 4 is 11.6 Å². The first-order chi connectivity index (χ1) is 8.16. The molecule has 1 saturated heterocycles. The Morgan fingerprint density at radius 2 is 1.88 bits per heavy atom. The highest BCUT2D eigenvalue weighted by molar-refractivity contribution is 5.81. The SMILES string of the molecule is Cc1ccc(N=C(N)N2CCCCC2)c(C)c1. The van der Waals surface area contributed by atoms with Crippen molar-refractivity contribution < 1.29 is 0 Å². The zero-order valence-electron chi connectivity index (χ0n) is 10.7. The van der Waals surface area contributed by atoms with E-state index in [9.17, 15) is 0 Å². The lowest BCUT2D eigenvalue weighted by molar-refractivity contribution is 0.339. The molecular formula is C14H21N3. The summed E-state index contributed by atoms with van der Waals surface area (Å²) in [5, 5.41) is 0. The summed E-state index contributed by atoms with van der Waals surface area (Å²) in [6.45, 7) is 6.25. The number of rotatable bonds is 1. The molecule has 1 aliphatic rings. The smallest absolute Gasteiger partial charge is 0.196 e. The Labute approximate surface area is 103 Å². The van der Waals surface area contributed by atoms with Crippen LogP contribution < -0.4 is 5.73 Å². The predicted octanol–water partition coefficient (Wildman–Crippen LogP) is 2.74. The summed E-state index contributed by atoms with van der Waals surface area (Å²) in [5.74, 6) is 0.664. The lowest BCUT2D eigenvalue weighted by Crippen LogP contribution is -2.40. The monoisotopic (exact) mass is 231 g/mol. The molecule has 17 heavy (non-hydrogen) atoms. The van der Waals surface area contributed by atoms with E-state index in [0.717, 1.165) is 18.8 Å². The third-order valence-electron chi connectivity index (χ3n) is 3.27. The van der Waals surface area contributed by atoms with Crippen LogP contribution in [0.1, 0.15) is 30.4 Å². The molecule has 0 aromatic heterocycles. The number of aryl methyl sites for hydroxylation is 2. The molecule has 92 valence electrons. The molecule has 0 bridgehead atoms. The van der Waals surface area contributed by atoms with Crippen LogP contribution in [0, 0.1) is 13.8 Å². The van der Waals surface area contributed by atoms with Crippen molar-refractivity contribution in [2.75, 3.05) is 13.1 Å². The fourth-order valence-corrected chi connectivity index (χ4v) is 2.25. The van der Waals surface area contributed by atoms with Gasteiger partial charge in [-0.15, -0.1) is 0 Å². The van der Waals surface area contributed by atoms with E-state index >= 15 is 0 Å². The first-order valence-electron chi connectivity index (χ1n) is 6.33. The quantitative estimate of drug-likeness (QED) is 0.596. The van der Waals surface area contributed by atoms with Crippen molar-refractivity contribution in [3.8, 4) is 0 Å². The van der Waals surface area contributed by atoms with Gasteiger partial charge in [-0.3, -0.25) is 0 Å². The summed E-state index contributed by atoms with van der Waals surface area (Å²) in [4.78, 5) is 6.73. The average molecular weight is 231 g/mol. The van der Waals surface area contributed by atoms with Crippen LogP contribution in [-0.4, -0.2) is 23.9 Å². The maximum atomic E-state index is 6.06. The van der Waals surface area contributed by atoms with E-state index in [0.29, 0.717) is 5.96 Å². The van der Waals surface area contributed by atoms with Gasteiger partial charge in [0.2, 0.25) is 0 Å². The number of aliphatic imine (C=N–C) groups is 1. The summed E-state index contributed by atoms with van der Waals surface area (Å²) in [6.07, 6.45) is 3.76. The number of nitrogens with two attached hydrogens (primary N) is 1. The van der Waals surface area contributed by atoms with E-state index in [4.69, 9.17) is 5.73 Å². The van der Waals surface area contributed by atoms with Gasteiger partial charge in [0.15, 0.2) is 5.96 Å². The molecule has 0 spiro atoms. The molecule has 1 aliphatic heterocycles. The van der Waals surface area contributed by atoms with Crippen LogP contribution in [0.2, 0.25) is 0 Å². The molecule has 3 heteroatoms. The molecule has 1 heterocycles. The van der Waals surface area contributed by atoms with E-state index in [1.165, 1.54) is 30.4 Å². The minimum absolute atomic E-state index is 0.664. The molecule has 0 saturated carbocycles. The van der Waals surface area contributed by atoms with Crippen molar-refractivity contribution in [2.24, 2.45) is 10.7 Å². The molecular weight excluding hydrogens is 210 g/mol. The van der Waals surface area contributed by atoms with Crippen molar-refractivity contribution in [1.29, 1.82) is 0 Å². The summed E-state index contributed by atoms with van der Waals surface area (Å²) >= 11 is 0. The fourth-order valence-electron chi connectivity index (χ4n) is 2.25. The predicted molar refractivity (Wildman–Crippen MR) is 72.6 cm³/mol. The van der Waals surface area contributed by atoms with Crippen molar-refractivity contribution in [3.63, 3.8) is 0 Å². The number of guanidine groups is 1. The number of hydrogen-bond donors (Lipinski definition) is 1. The summed E-state index contributed by atoms with van der Waals surface area (Å²) in [7, 11) is 0. The lowest BCUT2D eigenvalue weighted by atomic mass is 10.1. The van der Waals surface area contributed by atoms with Gasteiger partial charge in [-0.25, -0.2) is 4.99 Å². The molecule has 3 nitrogen and oxygen atoms in total. The molecule has 0 aliphatic carbocycles. The van der Waals surface area contributed by atoms with Crippen LogP contribution in [-0.2, 0) is 0 Å². The van der Waals surface area contributed by atoms with Gasteiger partial charge < -0.3 is 10.6 Å². The maximum absolute atomic E-state index is 6.06. The van der Waals surface area contributed by atoms with Crippen LogP contribution in [0.4, 0.5) is 5.69 Å². The number of nitrogens with zero attached hydrogens (tertiary/aromatic N) is 2. The Hall–Kier alpha value is -1.51. The minimum atomic E-state index is 0.664. The van der Waals surface area contributed by atoms with Crippen LogP contribution >= 0.6 is 0 Å². The van der Waals surface area contributed by atoms with Crippen LogP contribution in [0.25, 0.3) is 0 Å². The van der Waals surface area contributed by atoms with E-state index < -0.39 is 0 Å². The number of benzene rings is 1. The lowest BCUT2D eigenvalue weighted by Gasteiger charge is -2.27. The second kappa shape index (κ2) is 5.21. The highest BCUT2D eigenvalue weighted by Crippen LogP contribution is 2.20. The van der Waals surface area contributed by atoms with Gasteiger partial charge in [0, 0.05) is 13.1 Å². The molecule has 1 fully saturated rings. The van der Waals surface area contributed by atoms with Gasteiger partial charge in [0.05, 0.1) is 5.69 Å². The van der Waals surface area contributed by atoms with Gasteiger partial charge in [-0.2, -0.15) is 0 Å². The zero-order valence-corrected chi connectivity index (χ0v) is 10.7. The molecule has 0 amide bonds. The van der Waals surface area contributed by atoms with E-state index in [2.05, 4.69) is 35.9 Å². The summed E-state index contributed by atoms with van der Waals surface area (Å²) in [5.41, 5.74) is 9.50. The van der Waals surface area contributed by atoms with Gasteiger partial charge in [-0.1, -0.05) is 17.7 Å². The summed E-state index contributed by atoms with van der Waals surface area (Å²) in [6, 6.07) is 6.26. The van der Waals surface area contributed by atoms with E-state index in [1.54, 1.807) is 0 Å². The Morgan fingerprint density at radius 3 is 2.53 bits per heavy atom. The normalized spacial score (nSPS) is 17.3. The number of piperidine rings is 1. The molecule has 2 rings (SSSR count). The molecule has 0 radical (unpaired) electrons. The Morgan fingerprint density at radius 1 is 1.18 bits per heavy atom. The molecule has 1 aromatic rings. The van der Waals surface area contributed by atoms with Crippen molar-refractivity contribution in [2.45, 2.75) is 33.1 Å². The Balaban J connectivity index is 2.16. The molecule has 0 atom stereocenters.